The van der Waals surface area contributed by atoms with Crippen LogP contribution in [0, 0.1) is 0 Å². The van der Waals surface area contributed by atoms with E-state index in [0.717, 1.165) is 0 Å². The lowest BCUT2D eigenvalue weighted by atomic mass is 10.2. The summed E-state index contributed by atoms with van der Waals surface area (Å²) in [5, 5.41) is 2.85. The lowest BCUT2D eigenvalue weighted by molar-refractivity contribution is 0.0827. The molecule has 0 spiro atoms. The second-order valence-corrected chi connectivity index (χ2v) is 4.25. The molecule has 0 radical (unpaired) electrons. The minimum atomic E-state index is -0.621. The Labute approximate surface area is 115 Å². The van der Waals surface area contributed by atoms with Gasteiger partial charge in [-0.05, 0) is 12.1 Å². The molecule has 0 aliphatic rings. The fourth-order valence-corrected chi connectivity index (χ4v) is 1.55. The van der Waals surface area contributed by atoms with E-state index in [1.165, 1.54) is 17.4 Å². The SMILES string of the molecule is CN(C)C(=O)c1ccc(Nc2nc[nH]c2C(N)=O)nc1. The number of hydrogen-bond acceptors (Lipinski definition) is 5. The van der Waals surface area contributed by atoms with Crippen LogP contribution in [0.4, 0.5) is 11.6 Å². The van der Waals surface area contributed by atoms with Crippen molar-refractivity contribution in [3.8, 4) is 0 Å². The third kappa shape index (κ3) is 2.74. The Morgan fingerprint density at radius 1 is 1.30 bits per heavy atom. The van der Waals surface area contributed by atoms with Gasteiger partial charge in [0.15, 0.2) is 5.82 Å². The summed E-state index contributed by atoms with van der Waals surface area (Å²) in [6.07, 6.45) is 2.80. The normalized spacial score (nSPS) is 10.1. The van der Waals surface area contributed by atoms with Gasteiger partial charge < -0.3 is 20.9 Å². The third-order valence-electron chi connectivity index (χ3n) is 2.55. The lowest BCUT2D eigenvalue weighted by Crippen LogP contribution is -2.21. The molecule has 2 aromatic heterocycles. The van der Waals surface area contributed by atoms with Gasteiger partial charge in [0.1, 0.15) is 11.5 Å². The van der Waals surface area contributed by atoms with Crippen molar-refractivity contribution in [1.29, 1.82) is 0 Å². The van der Waals surface area contributed by atoms with E-state index in [9.17, 15) is 9.59 Å². The summed E-state index contributed by atoms with van der Waals surface area (Å²) in [5.74, 6) is -0.0161. The molecule has 0 aromatic carbocycles. The van der Waals surface area contributed by atoms with Crippen LogP contribution in [0.5, 0.6) is 0 Å². The molecule has 2 amide bonds. The van der Waals surface area contributed by atoms with Crippen LogP contribution in [0.1, 0.15) is 20.8 Å². The van der Waals surface area contributed by atoms with Gasteiger partial charge in [-0.3, -0.25) is 9.59 Å². The summed E-state index contributed by atoms with van der Waals surface area (Å²) in [4.78, 5) is 35.0. The van der Waals surface area contributed by atoms with E-state index in [0.29, 0.717) is 11.4 Å². The summed E-state index contributed by atoms with van der Waals surface area (Å²) in [6.45, 7) is 0. The number of nitrogens with zero attached hydrogens (tertiary/aromatic N) is 3. The average Bonchev–Trinajstić information content (AvgIpc) is 2.87. The predicted molar refractivity (Wildman–Crippen MR) is 72.6 cm³/mol. The van der Waals surface area contributed by atoms with Gasteiger partial charge in [-0.1, -0.05) is 0 Å². The second-order valence-electron chi connectivity index (χ2n) is 4.25. The van der Waals surface area contributed by atoms with Crippen molar-refractivity contribution in [2.24, 2.45) is 5.73 Å². The van der Waals surface area contributed by atoms with Gasteiger partial charge in [-0.25, -0.2) is 9.97 Å². The highest BCUT2D eigenvalue weighted by Gasteiger charge is 2.12. The summed E-state index contributed by atoms with van der Waals surface area (Å²) in [7, 11) is 3.33. The molecule has 4 N–H and O–H groups in total. The Morgan fingerprint density at radius 3 is 2.60 bits per heavy atom. The van der Waals surface area contributed by atoms with Crippen LogP contribution >= 0.6 is 0 Å². The molecule has 0 unspecified atom stereocenters. The monoisotopic (exact) mass is 274 g/mol. The zero-order valence-corrected chi connectivity index (χ0v) is 11.0. The standard InChI is InChI=1S/C12H14N6O2/c1-18(2)12(20)7-3-4-8(14-5-7)17-11-9(10(13)19)15-6-16-11/h3-6H,1-2H3,(H2,13,19)(H,14,17)(H,15,16). The van der Waals surface area contributed by atoms with Crippen molar-refractivity contribution < 1.29 is 9.59 Å². The molecule has 2 heterocycles. The Morgan fingerprint density at radius 2 is 2.05 bits per heavy atom. The van der Waals surface area contributed by atoms with Gasteiger partial charge >= 0.3 is 0 Å². The van der Waals surface area contributed by atoms with Crippen molar-refractivity contribution in [3.63, 3.8) is 0 Å². The van der Waals surface area contributed by atoms with Crippen LogP contribution in [0.25, 0.3) is 0 Å². The van der Waals surface area contributed by atoms with E-state index < -0.39 is 5.91 Å². The number of rotatable bonds is 4. The number of H-pyrrole nitrogens is 1. The predicted octanol–water partition coefficient (Wildman–Crippen LogP) is 0.349. The maximum atomic E-state index is 11.7. The first-order valence-electron chi connectivity index (χ1n) is 5.77. The van der Waals surface area contributed by atoms with Crippen LogP contribution in [0.3, 0.4) is 0 Å². The first-order chi connectivity index (χ1) is 9.49. The summed E-state index contributed by atoms with van der Waals surface area (Å²) < 4.78 is 0. The number of imidazole rings is 1. The maximum Gasteiger partial charge on any atom is 0.269 e. The molecule has 0 saturated heterocycles. The van der Waals surface area contributed by atoms with E-state index in [-0.39, 0.29) is 17.4 Å². The summed E-state index contributed by atoms with van der Waals surface area (Å²) in [5.41, 5.74) is 5.83. The highest BCUT2D eigenvalue weighted by molar-refractivity contribution is 5.96. The van der Waals surface area contributed by atoms with Gasteiger partial charge in [-0.2, -0.15) is 0 Å². The molecule has 0 atom stereocenters. The first-order valence-corrected chi connectivity index (χ1v) is 5.77. The molecule has 0 aliphatic heterocycles. The number of primary amides is 1. The minimum absolute atomic E-state index is 0.137. The lowest BCUT2D eigenvalue weighted by Gasteiger charge is -2.10. The molecular weight excluding hydrogens is 260 g/mol. The van der Waals surface area contributed by atoms with E-state index in [4.69, 9.17) is 5.73 Å². The zero-order chi connectivity index (χ0) is 14.7. The Bertz CT molecular complexity index is 632. The van der Waals surface area contributed by atoms with Crippen LogP contribution in [0.15, 0.2) is 24.7 Å². The number of pyridine rings is 1. The minimum Gasteiger partial charge on any atom is -0.364 e. The zero-order valence-electron chi connectivity index (χ0n) is 11.0. The number of carbonyl (C=O) groups is 2. The molecule has 0 fully saturated rings. The molecule has 0 saturated carbocycles. The van der Waals surface area contributed by atoms with E-state index in [2.05, 4.69) is 20.3 Å². The van der Waals surface area contributed by atoms with Crippen molar-refractivity contribution in [2.75, 3.05) is 19.4 Å². The van der Waals surface area contributed by atoms with Gasteiger partial charge in [0, 0.05) is 20.3 Å². The number of nitrogens with one attached hydrogen (secondary N) is 2. The van der Waals surface area contributed by atoms with Crippen LogP contribution in [-0.4, -0.2) is 45.8 Å². The molecule has 2 rings (SSSR count). The quantitative estimate of drug-likeness (QED) is 0.743. The van der Waals surface area contributed by atoms with Crippen molar-refractivity contribution in [3.05, 3.63) is 35.9 Å². The number of amides is 2. The van der Waals surface area contributed by atoms with E-state index in [1.807, 2.05) is 0 Å². The second kappa shape index (κ2) is 5.39. The van der Waals surface area contributed by atoms with Crippen LogP contribution < -0.4 is 11.1 Å². The van der Waals surface area contributed by atoms with Gasteiger partial charge in [0.2, 0.25) is 0 Å². The number of nitrogens with two attached hydrogens (primary N) is 1. The maximum absolute atomic E-state index is 11.7. The number of anilines is 2. The molecule has 104 valence electrons. The molecule has 0 bridgehead atoms. The third-order valence-corrected chi connectivity index (χ3v) is 2.55. The highest BCUT2D eigenvalue weighted by atomic mass is 16.2. The van der Waals surface area contributed by atoms with Crippen molar-refractivity contribution in [2.45, 2.75) is 0 Å². The Hall–Kier alpha value is -2.90. The van der Waals surface area contributed by atoms with E-state index >= 15 is 0 Å². The first kappa shape index (κ1) is 13.5. The molecule has 8 nitrogen and oxygen atoms in total. The number of carbonyl (C=O) groups excluding carboxylic acids is 2. The van der Waals surface area contributed by atoms with Crippen LogP contribution in [0.2, 0.25) is 0 Å². The summed E-state index contributed by atoms with van der Waals surface area (Å²) >= 11 is 0. The van der Waals surface area contributed by atoms with E-state index in [1.54, 1.807) is 26.2 Å². The molecule has 8 heteroatoms. The van der Waals surface area contributed by atoms with Crippen LogP contribution in [-0.2, 0) is 0 Å². The number of aromatic amines is 1. The fraction of sp³-hybridized carbons (Fsp3) is 0.167. The molecular formula is C12H14N6O2. The molecule has 0 aliphatic carbocycles. The van der Waals surface area contributed by atoms with Gasteiger partial charge in [0.05, 0.1) is 11.9 Å². The Kier molecular flexibility index (Phi) is 3.65. The highest BCUT2D eigenvalue weighted by Crippen LogP contribution is 2.15. The summed E-state index contributed by atoms with van der Waals surface area (Å²) in [6, 6.07) is 3.25. The van der Waals surface area contributed by atoms with Crippen molar-refractivity contribution in [1.82, 2.24) is 19.9 Å². The van der Waals surface area contributed by atoms with Gasteiger partial charge in [0.25, 0.3) is 11.8 Å². The smallest absolute Gasteiger partial charge is 0.269 e. The number of hydrogen-bond donors (Lipinski definition) is 3. The van der Waals surface area contributed by atoms with Crippen molar-refractivity contribution >= 4 is 23.5 Å². The topological polar surface area (TPSA) is 117 Å². The fourth-order valence-electron chi connectivity index (χ4n) is 1.55. The molecule has 2 aromatic rings. The molecule has 20 heavy (non-hydrogen) atoms. The largest absolute Gasteiger partial charge is 0.364 e. The average molecular weight is 274 g/mol. The Balaban J connectivity index is 2.17. The number of aromatic nitrogens is 3. The van der Waals surface area contributed by atoms with Gasteiger partial charge in [-0.15, -0.1) is 0 Å².